The van der Waals surface area contributed by atoms with Gasteiger partial charge in [0.2, 0.25) is 5.91 Å². The van der Waals surface area contributed by atoms with Gasteiger partial charge in [0.15, 0.2) is 0 Å². The highest BCUT2D eigenvalue weighted by Crippen LogP contribution is 2.54. The summed E-state index contributed by atoms with van der Waals surface area (Å²) in [5.41, 5.74) is 4.54. The highest BCUT2D eigenvalue weighted by molar-refractivity contribution is 9.10. The fourth-order valence-electron chi connectivity index (χ4n) is 3.55. The molecule has 5 rings (SSSR count). The second kappa shape index (κ2) is 6.69. The minimum Gasteiger partial charge on any atom is -0.354 e. The highest BCUT2D eigenvalue weighted by atomic mass is 79.9. The van der Waals surface area contributed by atoms with Gasteiger partial charge in [-0.1, -0.05) is 63.6 Å². The number of benzene rings is 3. The predicted molar refractivity (Wildman–Crippen MR) is 120 cm³/mol. The first-order valence-corrected chi connectivity index (χ1v) is 10.7. The van der Waals surface area contributed by atoms with Gasteiger partial charge in [0.05, 0.1) is 5.69 Å². The summed E-state index contributed by atoms with van der Waals surface area (Å²) < 4.78 is 0.105. The van der Waals surface area contributed by atoms with E-state index in [1.54, 1.807) is 6.07 Å². The van der Waals surface area contributed by atoms with Crippen LogP contribution in [0.15, 0.2) is 82.2 Å². The molecule has 2 heterocycles. The zero-order chi connectivity index (χ0) is 19.3. The second-order valence-corrected chi connectivity index (χ2v) is 9.31. The van der Waals surface area contributed by atoms with Crippen LogP contribution >= 0.6 is 39.3 Å². The summed E-state index contributed by atoms with van der Waals surface area (Å²) in [5, 5.41) is 7.16. The molecule has 0 aromatic heterocycles. The van der Waals surface area contributed by atoms with Crippen molar-refractivity contribution < 1.29 is 4.79 Å². The number of carbonyl (C=O) groups excluding carboxylic acids is 1. The maximum absolute atomic E-state index is 13.3. The number of fused-ring (bicyclic) bond motifs is 3. The van der Waals surface area contributed by atoms with Crippen molar-refractivity contribution in [1.29, 1.82) is 0 Å². The summed E-state index contributed by atoms with van der Waals surface area (Å²) in [6.45, 7) is 0. The third-order valence-electron chi connectivity index (χ3n) is 4.90. The molecule has 2 aliphatic rings. The summed E-state index contributed by atoms with van der Waals surface area (Å²) >= 11 is 11.3. The van der Waals surface area contributed by atoms with E-state index in [4.69, 9.17) is 11.6 Å². The van der Waals surface area contributed by atoms with Gasteiger partial charge in [0.1, 0.15) is 4.75 Å². The van der Waals surface area contributed by atoms with Gasteiger partial charge < -0.3 is 10.6 Å². The molecule has 1 spiro atoms. The molecule has 6 heteroatoms. The molecular formula is C22H14BrClN2OS. The van der Waals surface area contributed by atoms with Crippen LogP contribution in [0.25, 0.3) is 5.70 Å². The van der Waals surface area contributed by atoms with Gasteiger partial charge in [-0.15, -0.1) is 0 Å². The molecule has 0 saturated heterocycles. The normalized spacial score (nSPS) is 19.9. The van der Waals surface area contributed by atoms with Crippen molar-refractivity contribution in [2.24, 2.45) is 0 Å². The third-order valence-corrected chi connectivity index (χ3v) is 7.08. The molecule has 1 atom stereocenters. The minimum absolute atomic E-state index is 0.0668. The lowest BCUT2D eigenvalue weighted by molar-refractivity contribution is -0.116. The van der Waals surface area contributed by atoms with Crippen LogP contribution in [0, 0.1) is 0 Å². The Hall–Kier alpha value is -2.21. The molecule has 1 unspecified atom stereocenters. The maximum Gasteiger partial charge on any atom is 0.249 e. The summed E-state index contributed by atoms with van der Waals surface area (Å²) in [4.78, 5) is 14.3. The van der Waals surface area contributed by atoms with Crippen LogP contribution < -0.4 is 10.6 Å². The van der Waals surface area contributed by atoms with Crippen molar-refractivity contribution in [2.75, 3.05) is 10.6 Å². The van der Waals surface area contributed by atoms with Gasteiger partial charge in [0, 0.05) is 31.3 Å². The molecule has 28 heavy (non-hydrogen) atoms. The number of carbonyl (C=O) groups is 1. The molecule has 0 fully saturated rings. The van der Waals surface area contributed by atoms with E-state index < -0.39 is 4.75 Å². The number of para-hydroxylation sites is 1. The molecule has 1 amide bonds. The number of rotatable bonds is 1. The second-order valence-electron chi connectivity index (χ2n) is 6.67. The topological polar surface area (TPSA) is 41.1 Å². The number of hydrogen-bond donors (Lipinski definition) is 2. The fraction of sp³-hybridized carbons (Fsp3) is 0.0455. The fourth-order valence-corrected chi connectivity index (χ4v) is 5.30. The third kappa shape index (κ3) is 2.85. The number of thioether (sulfide) groups is 1. The number of hydrogen-bond acceptors (Lipinski definition) is 3. The van der Waals surface area contributed by atoms with Crippen LogP contribution in [0.3, 0.4) is 0 Å². The molecule has 3 aromatic carbocycles. The van der Waals surface area contributed by atoms with Gasteiger partial charge in [0.25, 0.3) is 0 Å². The van der Waals surface area contributed by atoms with E-state index in [1.807, 2.05) is 66.7 Å². The Morgan fingerprint density at radius 1 is 0.929 bits per heavy atom. The Kier molecular flexibility index (Phi) is 4.27. The monoisotopic (exact) mass is 468 g/mol. The van der Waals surface area contributed by atoms with E-state index in [1.165, 1.54) is 11.8 Å². The summed E-state index contributed by atoms with van der Waals surface area (Å²) in [7, 11) is 0. The van der Waals surface area contributed by atoms with Crippen LogP contribution in [-0.2, 0) is 9.54 Å². The lowest BCUT2D eigenvalue weighted by atomic mass is 9.96. The van der Waals surface area contributed by atoms with E-state index in [2.05, 4.69) is 26.6 Å². The first kappa shape index (κ1) is 17.9. The van der Waals surface area contributed by atoms with Crippen LogP contribution in [0.2, 0.25) is 5.02 Å². The molecular weight excluding hydrogens is 456 g/mol. The number of nitrogens with one attached hydrogen (secondary N) is 2. The number of halogens is 2. The molecule has 2 aliphatic heterocycles. The lowest BCUT2D eigenvalue weighted by Crippen LogP contribution is -2.29. The predicted octanol–water partition coefficient (Wildman–Crippen LogP) is 6.51. The Bertz CT molecular complexity index is 1150. The van der Waals surface area contributed by atoms with E-state index in [0.717, 1.165) is 37.6 Å². The zero-order valence-electron chi connectivity index (χ0n) is 14.5. The zero-order valence-corrected chi connectivity index (χ0v) is 17.7. The van der Waals surface area contributed by atoms with Gasteiger partial charge in [-0.05, 0) is 54.1 Å². The Balaban J connectivity index is 1.77. The van der Waals surface area contributed by atoms with Crippen molar-refractivity contribution in [3.63, 3.8) is 0 Å². The largest absolute Gasteiger partial charge is 0.354 e. The van der Waals surface area contributed by atoms with Crippen molar-refractivity contribution in [3.8, 4) is 0 Å². The number of anilines is 2. The van der Waals surface area contributed by atoms with Gasteiger partial charge in [-0.2, -0.15) is 0 Å². The smallest absolute Gasteiger partial charge is 0.249 e. The van der Waals surface area contributed by atoms with E-state index in [9.17, 15) is 4.79 Å². The standard InChI is InChI=1S/C22H14BrClN2OS/c23-14-7-5-13(6-8-14)19-12-22(28-20-4-2-1-3-18(20)25-19)16-11-15(24)9-10-17(16)26-21(22)27/h1-12,25H,(H,26,27). The van der Waals surface area contributed by atoms with Crippen LogP contribution in [-0.4, -0.2) is 5.91 Å². The van der Waals surface area contributed by atoms with Gasteiger partial charge in [-0.25, -0.2) is 0 Å². The van der Waals surface area contributed by atoms with E-state index in [0.29, 0.717) is 5.02 Å². The summed E-state index contributed by atoms with van der Waals surface area (Å²) in [6, 6.07) is 21.6. The van der Waals surface area contributed by atoms with E-state index in [-0.39, 0.29) is 5.91 Å². The first-order valence-electron chi connectivity index (χ1n) is 8.70. The summed E-state index contributed by atoms with van der Waals surface area (Å²) in [5.74, 6) is -0.0668. The van der Waals surface area contributed by atoms with Crippen molar-refractivity contribution >= 4 is 62.3 Å². The average molecular weight is 470 g/mol. The number of amides is 1. The molecule has 0 aliphatic carbocycles. The average Bonchev–Trinajstić information content (AvgIpc) is 2.85. The highest BCUT2D eigenvalue weighted by Gasteiger charge is 2.48. The molecule has 0 saturated carbocycles. The summed E-state index contributed by atoms with van der Waals surface area (Å²) in [6.07, 6.45) is 2.01. The van der Waals surface area contributed by atoms with Crippen molar-refractivity contribution in [2.45, 2.75) is 9.64 Å². The minimum atomic E-state index is -0.901. The van der Waals surface area contributed by atoms with Crippen LogP contribution in [0.1, 0.15) is 11.1 Å². The Morgan fingerprint density at radius 3 is 2.54 bits per heavy atom. The Morgan fingerprint density at radius 2 is 1.71 bits per heavy atom. The molecule has 0 bridgehead atoms. The Labute approximate surface area is 180 Å². The molecule has 138 valence electrons. The molecule has 3 aromatic rings. The van der Waals surface area contributed by atoms with Crippen LogP contribution in [0.4, 0.5) is 11.4 Å². The van der Waals surface area contributed by atoms with Gasteiger partial charge >= 0.3 is 0 Å². The lowest BCUT2D eigenvalue weighted by Gasteiger charge is -2.23. The molecule has 2 N–H and O–H groups in total. The molecule has 3 nitrogen and oxygen atoms in total. The van der Waals surface area contributed by atoms with Crippen LogP contribution in [0.5, 0.6) is 0 Å². The van der Waals surface area contributed by atoms with Crippen molar-refractivity contribution in [3.05, 3.63) is 93.4 Å². The van der Waals surface area contributed by atoms with E-state index >= 15 is 0 Å². The molecule has 0 radical (unpaired) electrons. The quantitative estimate of drug-likeness (QED) is 0.427. The SMILES string of the molecule is O=C1Nc2ccc(Cl)cc2C12C=C(c1ccc(Br)cc1)Nc1ccccc1S2. The first-order chi connectivity index (χ1) is 13.5. The maximum atomic E-state index is 13.3. The van der Waals surface area contributed by atoms with Gasteiger partial charge in [-0.3, -0.25) is 4.79 Å². The van der Waals surface area contributed by atoms with Crippen molar-refractivity contribution in [1.82, 2.24) is 0 Å².